The lowest BCUT2D eigenvalue weighted by molar-refractivity contribution is -0.0100. The predicted molar refractivity (Wildman–Crippen MR) is 51.8 cm³/mol. The van der Waals surface area contributed by atoms with Crippen molar-refractivity contribution in [1.29, 1.82) is 0 Å². The average Bonchev–Trinajstić information content (AvgIpc) is 2.28. The van der Waals surface area contributed by atoms with Gasteiger partial charge in [-0.1, -0.05) is 0 Å². The molecule has 4 atom stereocenters. The van der Waals surface area contributed by atoms with Crippen molar-refractivity contribution < 1.29 is 24.0 Å². The van der Waals surface area contributed by atoms with Crippen LogP contribution in [0.2, 0.25) is 0 Å². The lowest BCUT2D eigenvalue weighted by Crippen LogP contribution is -2.33. The summed E-state index contributed by atoms with van der Waals surface area (Å²) in [5.74, 6) is 0. The van der Waals surface area contributed by atoms with E-state index in [9.17, 15) is 14.8 Å². The topological polar surface area (TPSA) is 76.0 Å². The van der Waals surface area contributed by atoms with Crippen LogP contribution in [-0.2, 0) is 13.8 Å². The molecule has 0 spiro atoms. The standard InChI is InChI=1S/C8H17O5P/c1-5-7(9)8(10)6(13-5)4-12-14(2,3)11/h5-10H,4H2,1-3H3/t5-,6?,7+,8+/m0/s1. The van der Waals surface area contributed by atoms with Gasteiger partial charge in [0.2, 0.25) is 0 Å². The summed E-state index contributed by atoms with van der Waals surface area (Å²) in [6.45, 7) is 4.71. The van der Waals surface area contributed by atoms with Crippen LogP contribution in [0.1, 0.15) is 6.92 Å². The number of ether oxygens (including phenoxy) is 1. The second-order valence-electron chi connectivity index (χ2n) is 3.91. The molecule has 2 N–H and O–H groups in total. The first-order valence-corrected chi connectivity index (χ1v) is 7.04. The SMILES string of the molecule is C[C@@H]1OC(COP(C)(C)=O)[C@@H](O)[C@@H]1O. The number of aliphatic hydroxyl groups is 2. The second kappa shape index (κ2) is 4.29. The Morgan fingerprint density at radius 2 is 1.93 bits per heavy atom. The van der Waals surface area contributed by atoms with E-state index in [0.29, 0.717) is 0 Å². The molecule has 6 heteroatoms. The Morgan fingerprint density at radius 3 is 2.29 bits per heavy atom. The monoisotopic (exact) mass is 224 g/mol. The van der Waals surface area contributed by atoms with Gasteiger partial charge in [-0.25, -0.2) is 0 Å². The zero-order valence-electron chi connectivity index (χ0n) is 8.58. The van der Waals surface area contributed by atoms with E-state index in [2.05, 4.69) is 0 Å². The molecular weight excluding hydrogens is 207 g/mol. The van der Waals surface area contributed by atoms with Gasteiger partial charge in [0.15, 0.2) is 7.37 Å². The minimum absolute atomic E-state index is 0.0485. The summed E-state index contributed by atoms with van der Waals surface area (Å²) in [6.07, 6.45) is -2.85. The number of rotatable bonds is 3. The summed E-state index contributed by atoms with van der Waals surface area (Å²) < 4.78 is 21.5. The Balaban J connectivity index is 2.44. The average molecular weight is 224 g/mol. The molecule has 1 fully saturated rings. The fourth-order valence-corrected chi connectivity index (χ4v) is 1.83. The van der Waals surface area contributed by atoms with E-state index in [1.807, 2.05) is 0 Å². The van der Waals surface area contributed by atoms with Crippen molar-refractivity contribution >= 4 is 7.37 Å². The van der Waals surface area contributed by atoms with E-state index in [0.717, 1.165) is 0 Å². The Kier molecular flexibility index (Phi) is 3.72. The smallest absolute Gasteiger partial charge is 0.197 e. The van der Waals surface area contributed by atoms with Gasteiger partial charge in [0.25, 0.3) is 0 Å². The highest BCUT2D eigenvalue weighted by atomic mass is 31.2. The zero-order chi connectivity index (χ0) is 10.9. The molecule has 0 amide bonds. The molecule has 0 bridgehead atoms. The maximum Gasteiger partial charge on any atom is 0.197 e. The highest BCUT2D eigenvalue weighted by Crippen LogP contribution is 2.38. The normalized spacial score (nSPS) is 38.9. The van der Waals surface area contributed by atoms with Crippen molar-refractivity contribution in [1.82, 2.24) is 0 Å². The van der Waals surface area contributed by atoms with Crippen LogP contribution in [0.5, 0.6) is 0 Å². The minimum Gasteiger partial charge on any atom is -0.388 e. The fourth-order valence-electron chi connectivity index (χ4n) is 1.33. The van der Waals surface area contributed by atoms with Gasteiger partial charge >= 0.3 is 0 Å². The summed E-state index contributed by atoms with van der Waals surface area (Å²) in [4.78, 5) is 0. The number of hydrogen-bond donors (Lipinski definition) is 2. The van der Waals surface area contributed by atoms with E-state index in [4.69, 9.17) is 9.26 Å². The van der Waals surface area contributed by atoms with Gasteiger partial charge in [-0.05, 0) is 6.92 Å². The lowest BCUT2D eigenvalue weighted by atomic mass is 10.1. The summed E-state index contributed by atoms with van der Waals surface area (Å²) in [7, 11) is -2.56. The van der Waals surface area contributed by atoms with Crippen LogP contribution < -0.4 is 0 Å². The van der Waals surface area contributed by atoms with Crippen molar-refractivity contribution in [3.05, 3.63) is 0 Å². The van der Waals surface area contributed by atoms with E-state index < -0.39 is 31.8 Å². The predicted octanol–water partition coefficient (Wildman–Crippen LogP) is 0.0498. The van der Waals surface area contributed by atoms with Crippen molar-refractivity contribution in [3.8, 4) is 0 Å². The Bertz CT molecular complexity index is 238. The Hall–Kier alpha value is 0.0700. The van der Waals surface area contributed by atoms with Crippen LogP contribution in [0.15, 0.2) is 0 Å². The molecule has 1 rings (SSSR count). The molecule has 14 heavy (non-hydrogen) atoms. The third-order valence-electron chi connectivity index (χ3n) is 2.15. The molecule has 1 heterocycles. The third-order valence-corrected chi connectivity index (χ3v) is 2.92. The third kappa shape index (κ3) is 3.04. The van der Waals surface area contributed by atoms with Crippen LogP contribution in [0.4, 0.5) is 0 Å². The van der Waals surface area contributed by atoms with E-state index in [1.165, 1.54) is 13.3 Å². The first-order valence-electron chi connectivity index (χ1n) is 4.52. The highest BCUT2D eigenvalue weighted by molar-refractivity contribution is 7.57. The molecule has 1 aliphatic heterocycles. The quantitative estimate of drug-likeness (QED) is 0.662. The van der Waals surface area contributed by atoms with Crippen LogP contribution in [0, 0.1) is 0 Å². The zero-order valence-corrected chi connectivity index (χ0v) is 9.48. The number of aliphatic hydroxyl groups excluding tert-OH is 2. The second-order valence-corrected chi connectivity index (χ2v) is 6.67. The van der Waals surface area contributed by atoms with Crippen LogP contribution in [-0.4, -0.2) is 54.6 Å². The van der Waals surface area contributed by atoms with Crippen LogP contribution in [0.25, 0.3) is 0 Å². The summed E-state index contributed by atoms with van der Waals surface area (Å²) in [5.41, 5.74) is 0. The van der Waals surface area contributed by atoms with Gasteiger partial charge in [0.05, 0.1) is 12.7 Å². The van der Waals surface area contributed by atoms with Gasteiger partial charge < -0.3 is 19.5 Å². The maximum absolute atomic E-state index is 11.2. The molecular formula is C8H17O5P. The molecule has 84 valence electrons. The summed E-state index contributed by atoms with van der Waals surface area (Å²) >= 11 is 0. The van der Waals surface area contributed by atoms with Gasteiger partial charge in [-0.15, -0.1) is 0 Å². The molecule has 0 radical (unpaired) electrons. The summed E-state index contributed by atoms with van der Waals surface area (Å²) in [6, 6.07) is 0. The van der Waals surface area contributed by atoms with Crippen LogP contribution in [0.3, 0.4) is 0 Å². The molecule has 0 saturated carbocycles. The molecule has 0 aromatic carbocycles. The first kappa shape index (κ1) is 12.1. The molecule has 0 aromatic rings. The molecule has 1 aliphatic rings. The lowest BCUT2D eigenvalue weighted by Gasteiger charge is -2.16. The molecule has 1 unspecified atom stereocenters. The van der Waals surface area contributed by atoms with Crippen molar-refractivity contribution in [2.45, 2.75) is 31.3 Å². The van der Waals surface area contributed by atoms with E-state index >= 15 is 0 Å². The largest absolute Gasteiger partial charge is 0.388 e. The van der Waals surface area contributed by atoms with Gasteiger partial charge in [0.1, 0.15) is 18.3 Å². The van der Waals surface area contributed by atoms with Gasteiger partial charge in [-0.3, -0.25) is 4.57 Å². The van der Waals surface area contributed by atoms with E-state index in [-0.39, 0.29) is 6.61 Å². The molecule has 5 nitrogen and oxygen atoms in total. The van der Waals surface area contributed by atoms with E-state index in [1.54, 1.807) is 6.92 Å². The van der Waals surface area contributed by atoms with Crippen molar-refractivity contribution in [3.63, 3.8) is 0 Å². The van der Waals surface area contributed by atoms with Gasteiger partial charge in [-0.2, -0.15) is 0 Å². The summed E-state index contributed by atoms with van der Waals surface area (Å²) in [5, 5.41) is 18.8. The molecule has 0 aliphatic carbocycles. The Morgan fingerprint density at radius 1 is 1.36 bits per heavy atom. The fraction of sp³-hybridized carbons (Fsp3) is 1.00. The maximum atomic E-state index is 11.2. The minimum atomic E-state index is -2.56. The Labute approximate surface area is 83.5 Å². The van der Waals surface area contributed by atoms with Gasteiger partial charge in [0, 0.05) is 13.3 Å². The van der Waals surface area contributed by atoms with Crippen molar-refractivity contribution in [2.24, 2.45) is 0 Å². The highest BCUT2D eigenvalue weighted by Gasteiger charge is 2.40. The number of hydrogen-bond acceptors (Lipinski definition) is 5. The van der Waals surface area contributed by atoms with Crippen LogP contribution >= 0.6 is 7.37 Å². The first-order chi connectivity index (χ1) is 6.31. The van der Waals surface area contributed by atoms with Crippen molar-refractivity contribution in [2.75, 3.05) is 19.9 Å². The molecule has 1 saturated heterocycles. The molecule has 0 aromatic heterocycles.